The molecular formula is C21H16Cl2O4S. The van der Waals surface area contributed by atoms with E-state index in [1.807, 2.05) is 24.3 Å². The minimum Gasteiger partial charge on any atom is -0.468 e. The Hall–Kier alpha value is -2.21. The highest BCUT2D eigenvalue weighted by Gasteiger charge is 2.47. The molecule has 0 amide bonds. The van der Waals surface area contributed by atoms with Crippen molar-refractivity contribution in [2.75, 3.05) is 14.2 Å². The van der Waals surface area contributed by atoms with Gasteiger partial charge < -0.3 is 9.47 Å². The Balaban J connectivity index is 2.20. The number of hydrogen-bond acceptors (Lipinski definition) is 5. The molecule has 28 heavy (non-hydrogen) atoms. The SMILES string of the molecule is COC(=O)C1(C(=O)OC)C=C(c2ccc(Cl)cc2)SC(c2ccc(Cl)cc2)=C1. The Labute approximate surface area is 177 Å². The Bertz CT molecular complexity index is 883. The number of rotatable bonds is 4. The van der Waals surface area contributed by atoms with Crippen LogP contribution in [0.3, 0.4) is 0 Å². The number of esters is 2. The van der Waals surface area contributed by atoms with Crippen molar-refractivity contribution in [3.8, 4) is 0 Å². The smallest absolute Gasteiger partial charge is 0.331 e. The standard InChI is InChI=1S/C21H16Cl2O4S/c1-26-19(24)21(20(25)27-2)11-17(13-3-7-15(22)8-4-13)28-18(12-21)14-5-9-16(23)10-6-14/h3-12H,1-2H3. The topological polar surface area (TPSA) is 52.6 Å². The van der Waals surface area contributed by atoms with Crippen molar-refractivity contribution in [3.05, 3.63) is 81.9 Å². The van der Waals surface area contributed by atoms with Gasteiger partial charge in [0.1, 0.15) is 0 Å². The first kappa shape index (κ1) is 20.5. The maximum atomic E-state index is 12.7. The summed E-state index contributed by atoms with van der Waals surface area (Å²) in [5.41, 5.74) is -0.0733. The minimum atomic E-state index is -1.70. The maximum Gasteiger partial charge on any atom is 0.331 e. The largest absolute Gasteiger partial charge is 0.468 e. The van der Waals surface area contributed by atoms with E-state index in [1.165, 1.54) is 26.0 Å². The molecule has 0 aliphatic carbocycles. The average molecular weight is 435 g/mol. The van der Waals surface area contributed by atoms with Crippen LogP contribution in [0.4, 0.5) is 0 Å². The van der Waals surface area contributed by atoms with Crippen LogP contribution in [-0.4, -0.2) is 26.2 Å². The van der Waals surface area contributed by atoms with Crippen molar-refractivity contribution >= 4 is 56.7 Å². The first-order chi connectivity index (χ1) is 13.4. The van der Waals surface area contributed by atoms with E-state index in [1.54, 1.807) is 36.4 Å². The van der Waals surface area contributed by atoms with Crippen molar-refractivity contribution in [3.63, 3.8) is 0 Å². The van der Waals surface area contributed by atoms with Crippen LogP contribution in [0.15, 0.2) is 60.7 Å². The monoisotopic (exact) mass is 434 g/mol. The van der Waals surface area contributed by atoms with Crippen LogP contribution < -0.4 is 0 Å². The third-order valence-corrected chi connectivity index (χ3v) is 5.89. The van der Waals surface area contributed by atoms with E-state index in [4.69, 9.17) is 32.7 Å². The summed E-state index contributed by atoms with van der Waals surface area (Å²) >= 11 is 13.4. The summed E-state index contributed by atoms with van der Waals surface area (Å²) in [5.74, 6) is -1.45. The summed E-state index contributed by atoms with van der Waals surface area (Å²) in [6, 6.07) is 14.3. The fourth-order valence-electron chi connectivity index (χ4n) is 2.80. The highest BCUT2D eigenvalue weighted by atomic mass is 35.5. The second-order valence-corrected chi connectivity index (χ2v) is 7.94. The molecule has 0 N–H and O–H groups in total. The number of carbonyl (C=O) groups excluding carboxylic acids is 2. The number of hydrogen-bond donors (Lipinski definition) is 0. The number of ether oxygens (including phenoxy) is 2. The summed E-state index contributed by atoms with van der Waals surface area (Å²) in [7, 11) is 2.47. The number of thioether (sulfide) groups is 1. The highest BCUT2D eigenvalue weighted by molar-refractivity contribution is 8.16. The minimum absolute atomic E-state index is 0.589. The predicted molar refractivity (Wildman–Crippen MR) is 113 cm³/mol. The van der Waals surface area contributed by atoms with E-state index < -0.39 is 17.4 Å². The van der Waals surface area contributed by atoms with Crippen molar-refractivity contribution in [1.29, 1.82) is 0 Å². The molecule has 0 radical (unpaired) electrons. The molecule has 0 unspecified atom stereocenters. The quantitative estimate of drug-likeness (QED) is 0.472. The lowest BCUT2D eigenvalue weighted by Gasteiger charge is -2.28. The molecule has 144 valence electrons. The fourth-order valence-corrected chi connectivity index (χ4v) is 4.29. The lowest BCUT2D eigenvalue weighted by molar-refractivity contribution is -0.161. The highest BCUT2D eigenvalue weighted by Crippen LogP contribution is 2.49. The van der Waals surface area contributed by atoms with E-state index in [-0.39, 0.29) is 0 Å². The normalized spacial score (nSPS) is 15.3. The molecule has 3 rings (SSSR count). The zero-order valence-electron chi connectivity index (χ0n) is 15.1. The molecule has 0 spiro atoms. The molecule has 0 fully saturated rings. The van der Waals surface area contributed by atoms with Crippen LogP contribution in [0, 0.1) is 5.41 Å². The van der Waals surface area contributed by atoms with Crippen LogP contribution in [0.25, 0.3) is 9.81 Å². The molecule has 0 aromatic heterocycles. The molecule has 0 saturated heterocycles. The van der Waals surface area contributed by atoms with Crippen LogP contribution in [0.5, 0.6) is 0 Å². The van der Waals surface area contributed by atoms with E-state index in [0.29, 0.717) is 19.9 Å². The van der Waals surface area contributed by atoms with Crippen molar-refractivity contribution in [2.45, 2.75) is 0 Å². The van der Waals surface area contributed by atoms with Crippen molar-refractivity contribution in [1.82, 2.24) is 0 Å². The van der Waals surface area contributed by atoms with Gasteiger partial charge in [-0.25, -0.2) is 0 Å². The van der Waals surface area contributed by atoms with E-state index in [0.717, 1.165) is 11.1 Å². The van der Waals surface area contributed by atoms with Crippen LogP contribution in [0.2, 0.25) is 10.0 Å². The van der Waals surface area contributed by atoms with Gasteiger partial charge in [-0.2, -0.15) is 0 Å². The predicted octanol–water partition coefficient (Wildman–Crippen LogP) is 5.45. The Kier molecular flexibility index (Phi) is 6.18. The molecule has 1 aliphatic heterocycles. The summed E-state index contributed by atoms with van der Waals surface area (Å²) in [4.78, 5) is 26.8. The van der Waals surface area contributed by atoms with Crippen molar-refractivity contribution in [2.24, 2.45) is 5.41 Å². The third kappa shape index (κ3) is 3.97. The van der Waals surface area contributed by atoms with Gasteiger partial charge in [-0.05, 0) is 47.5 Å². The molecule has 1 aliphatic rings. The lowest BCUT2D eigenvalue weighted by Crippen LogP contribution is -2.39. The van der Waals surface area contributed by atoms with Gasteiger partial charge in [-0.15, -0.1) is 0 Å². The fraction of sp³-hybridized carbons (Fsp3) is 0.143. The first-order valence-corrected chi connectivity index (χ1v) is 9.79. The number of methoxy groups -OCH3 is 2. The van der Waals surface area contributed by atoms with Gasteiger partial charge in [0, 0.05) is 19.9 Å². The van der Waals surface area contributed by atoms with Crippen LogP contribution >= 0.6 is 35.0 Å². The molecule has 1 heterocycles. The van der Waals surface area contributed by atoms with E-state index >= 15 is 0 Å². The van der Waals surface area contributed by atoms with Gasteiger partial charge >= 0.3 is 11.9 Å². The van der Waals surface area contributed by atoms with Crippen molar-refractivity contribution < 1.29 is 19.1 Å². The van der Waals surface area contributed by atoms with E-state index in [2.05, 4.69) is 0 Å². The van der Waals surface area contributed by atoms with Crippen LogP contribution in [0.1, 0.15) is 11.1 Å². The second kappa shape index (κ2) is 8.43. The molecule has 7 heteroatoms. The van der Waals surface area contributed by atoms with Gasteiger partial charge in [-0.3, -0.25) is 9.59 Å². The molecule has 0 bridgehead atoms. The lowest BCUT2D eigenvalue weighted by atomic mass is 9.85. The van der Waals surface area contributed by atoms with Gasteiger partial charge in [0.05, 0.1) is 14.2 Å². The second-order valence-electron chi connectivity index (χ2n) is 5.99. The van der Waals surface area contributed by atoms with Gasteiger partial charge in [0.15, 0.2) is 0 Å². The molecule has 2 aromatic rings. The van der Waals surface area contributed by atoms with Gasteiger partial charge in [0.2, 0.25) is 5.41 Å². The average Bonchev–Trinajstić information content (AvgIpc) is 2.73. The molecule has 2 aromatic carbocycles. The summed E-state index contributed by atoms with van der Waals surface area (Å²) in [6.07, 6.45) is 3.13. The zero-order valence-corrected chi connectivity index (χ0v) is 17.4. The Morgan fingerprint density at radius 2 is 1.11 bits per heavy atom. The molecular weight excluding hydrogens is 419 g/mol. The number of carbonyl (C=O) groups is 2. The third-order valence-electron chi connectivity index (χ3n) is 4.24. The van der Waals surface area contributed by atoms with Gasteiger partial charge in [-0.1, -0.05) is 59.2 Å². The zero-order chi connectivity index (χ0) is 20.3. The molecule has 4 nitrogen and oxygen atoms in total. The Morgan fingerprint density at radius 1 is 0.750 bits per heavy atom. The maximum absolute atomic E-state index is 12.7. The van der Waals surface area contributed by atoms with Gasteiger partial charge in [0.25, 0.3) is 0 Å². The Morgan fingerprint density at radius 3 is 1.43 bits per heavy atom. The number of benzene rings is 2. The summed E-state index contributed by atoms with van der Waals surface area (Å²) in [6.45, 7) is 0. The van der Waals surface area contributed by atoms with Crippen LogP contribution in [-0.2, 0) is 19.1 Å². The summed E-state index contributed by atoms with van der Waals surface area (Å²) < 4.78 is 9.88. The first-order valence-electron chi connectivity index (χ1n) is 8.22. The van der Waals surface area contributed by atoms with E-state index in [9.17, 15) is 9.59 Å². The number of halogens is 2. The molecule has 0 atom stereocenters. The summed E-state index contributed by atoms with van der Waals surface area (Å²) in [5, 5.41) is 1.18. The molecule has 0 saturated carbocycles.